The summed E-state index contributed by atoms with van der Waals surface area (Å²) in [5, 5.41) is 6.42. The standard InChI is InChI=1S/C24H22Br2N2O3/c1-2-31-24(30)22(28-20-14-10-18(26)11-15-20)21(23(29)16-6-4-3-5-7-16)27-19-12-8-17(25)9-13-19/h3-15,21-22,27-28H,2H2,1H3/t21-,22+/m0/s1. The van der Waals surface area contributed by atoms with Crippen molar-refractivity contribution >= 4 is 55.0 Å². The largest absolute Gasteiger partial charge is 0.464 e. The Morgan fingerprint density at radius 2 is 1.26 bits per heavy atom. The highest BCUT2D eigenvalue weighted by atomic mass is 79.9. The third kappa shape index (κ3) is 6.42. The zero-order valence-electron chi connectivity index (χ0n) is 16.8. The summed E-state index contributed by atoms with van der Waals surface area (Å²) in [6, 6.07) is 21.9. The van der Waals surface area contributed by atoms with Crippen LogP contribution in [0.15, 0.2) is 87.8 Å². The van der Waals surface area contributed by atoms with E-state index in [2.05, 4.69) is 42.5 Å². The fraction of sp³-hybridized carbons (Fsp3) is 0.167. The topological polar surface area (TPSA) is 67.4 Å². The van der Waals surface area contributed by atoms with Gasteiger partial charge in [0.15, 0.2) is 11.8 Å². The second kappa shape index (κ2) is 11.1. The number of hydrogen-bond donors (Lipinski definition) is 2. The van der Waals surface area contributed by atoms with Crippen LogP contribution < -0.4 is 10.6 Å². The fourth-order valence-corrected chi connectivity index (χ4v) is 3.57. The van der Waals surface area contributed by atoms with Crippen LogP contribution in [0.2, 0.25) is 0 Å². The number of carbonyl (C=O) groups is 2. The van der Waals surface area contributed by atoms with E-state index in [1.54, 1.807) is 31.2 Å². The molecular weight excluding hydrogens is 524 g/mol. The van der Waals surface area contributed by atoms with Crippen molar-refractivity contribution in [1.29, 1.82) is 0 Å². The Morgan fingerprint density at radius 1 is 0.774 bits per heavy atom. The molecule has 3 aromatic carbocycles. The average Bonchev–Trinajstić information content (AvgIpc) is 2.79. The number of benzene rings is 3. The average molecular weight is 546 g/mol. The summed E-state index contributed by atoms with van der Waals surface area (Å²) in [7, 11) is 0. The quantitative estimate of drug-likeness (QED) is 0.258. The fourth-order valence-electron chi connectivity index (χ4n) is 3.04. The minimum Gasteiger partial charge on any atom is -0.464 e. The van der Waals surface area contributed by atoms with Crippen LogP contribution in [0.4, 0.5) is 11.4 Å². The first-order chi connectivity index (χ1) is 15.0. The van der Waals surface area contributed by atoms with Gasteiger partial charge in [-0.2, -0.15) is 0 Å². The van der Waals surface area contributed by atoms with Crippen molar-refractivity contribution in [3.8, 4) is 0 Å². The monoisotopic (exact) mass is 544 g/mol. The second-order valence-electron chi connectivity index (χ2n) is 6.74. The first-order valence-electron chi connectivity index (χ1n) is 9.78. The van der Waals surface area contributed by atoms with Crippen LogP contribution in [-0.4, -0.2) is 30.4 Å². The minimum atomic E-state index is -0.947. The van der Waals surface area contributed by atoms with E-state index in [9.17, 15) is 9.59 Å². The predicted molar refractivity (Wildman–Crippen MR) is 131 cm³/mol. The molecule has 3 rings (SSSR count). The maximum absolute atomic E-state index is 13.5. The van der Waals surface area contributed by atoms with Crippen LogP contribution in [-0.2, 0) is 9.53 Å². The van der Waals surface area contributed by atoms with Crippen LogP contribution in [0, 0.1) is 0 Å². The molecule has 0 fully saturated rings. The Bertz CT molecular complexity index is 1010. The number of esters is 1. The van der Waals surface area contributed by atoms with Crippen LogP contribution in [0.25, 0.3) is 0 Å². The lowest BCUT2D eigenvalue weighted by Gasteiger charge is -2.28. The summed E-state index contributed by atoms with van der Waals surface area (Å²) in [6.45, 7) is 1.95. The minimum absolute atomic E-state index is 0.210. The number of hydrogen-bond acceptors (Lipinski definition) is 5. The van der Waals surface area contributed by atoms with Crippen molar-refractivity contribution < 1.29 is 14.3 Å². The van der Waals surface area contributed by atoms with Gasteiger partial charge in [-0.05, 0) is 55.5 Å². The Kier molecular flexibility index (Phi) is 8.26. The molecule has 2 N–H and O–H groups in total. The highest BCUT2D eigenvalue weighted by molar-refractivity contribution is 9.10. The van der Waals surface area contributed by atoms with Gasteiger partial charge in [0.1, 0.15) is 6.04 Å². The summed E-state index contributed by atoms with van der Waals surface area (Å²) >= 11 is 6.82. The lowest BCUT2D eigenvalue weighted by molar-refractivity contribution is -0.144. The first-order valence-corrected chi connectivity index (χ1v) is 11.4. The number of rotatable bonds is 9. The van der Waals surface area contributed by atoms with Crippen molar-refractivity contribution in [1.82, 2.24) is 0 Å². The highest BCUT2D eigenvalue weighted by Gasteiger charge is 2.35. The molecule has 0 unspecified atom stereocenters. The second-order valence-corrected chi connectivity index (χ2v) is 8.57. The molecule has 0 saturated carbocycles. The molecule has 2 atom stereocenters. The lowest BCUT2D eigenvalue weighted by Crippen LogP contribution is -2.50. The number of nitrogens with one attached hydrogen (secondary N) is 2. The molecule has 0 aliphatic heterocycles. The maximum atomic E-state index is 13.5. The number of Topliss-reactive ketones (excluding diaryl/α,β-unsaturated/α-hetero) is 1. The molecule has 5 nitrogen and oxygen atoms in total. The Hall–Kier alpha value is -2.64. The van der Waals surface area contributed by atoms with E-state index >= 15 is 0 Å². The van der Waals surface area contributed by atoms with Gasteiger partial charge in [0.25, 0.3) is 0 Å². The summed E-state index contributed by atoms with van der Waals surface area (Å²) in [6.07, 6.45) is 0. The van der Waals surface area contributed by atoms with Gasteiger partial charge in [0.2, 0.25) is 0 Å². The zero-order valence-corrected chi connectivity index (χ0v) is 20.0. The van der Waals surface area contributed by atoms with Crippen molar-refractivity contribution in [2.75, 3.05) is 17.2 Å². The van der Waals surface area contributed by atoms with Crippen LogP contribution in [0.3, 0.4) is 0 Å². The highest BCUT2D eigenvalue weighted by Crippen LogP contribution is 2.21. The molecule has 0 radical (unpaired) electrons. The SMILES string of the molecule is CCOC(=O)[C@H](Nc1ccc(Br)cc1)[C@H](Nc1ccc(Br)cc1)C(=O)c1ccccc1. The third-order valence-corrected chi connectivity index (χ3v) is 5.60. The molecule has 0 spiro atoms. The molecule has 31 heavy (non-hydrogen) atoms. The molecule has 0 bridgehead atoms. The summed E-state index contributed by atoms with van der Waals surface area (Å²) in [5.74, 6) is -0.726. The molecular formula is C24H22Br2N2O3. The van der Waals surface area contributed by atoms with Gasteiger partial charge >= 0.3 is 5.97 Å². The number of anilines is 2. The van der Waals surface area contributed by atoms with Crippen molar-refractivity contribution in [3.05, 3.63) is 93.4 Å². The number of ketones is 1. The summed E-state index contributed by atoms with van der Waals surface area (Å²) < 4.78 is 7.14. The molecule has 160 valence electrons. The van der Waals surface area contributed by atoms with Crippen LogP contribution in [0.1, 0.15) is 17.3 Å². The third-order valence-electron chi connectivity index (χ3n) is 4.55. The Balaban J connectivity index is 1.99. The van der Waals surface area contributed by atoms with Gasteiger partial charge in [-0.3, -0.25) is 4.79 Å². The van der Waals surface area contributed by atoms with Crippen molar-refractivity contribution in [2.24, 2.45) is 0 Å². The number of carbonyl (C=O) groups excluding carboxylic acids is 2. The summed E-state index contributed by atoms with van der Waals surface area (Å²) in [5.41, 5.74) is 1.91. The Labute approximate surface area is 198 Å². The van der Waals surface area contributed by atoms with Gasteiger partial charge in [-0.15, -0.1) is 0 Å². The van der Waals surface area contributed by atoms with Gasteiger partial charge in [0.05, 0.1) is 6.61 Å². The van der Waals surface area contributed by atoms with Crippen LogP contribution >= 0.6 is 31.9 Å². The van der Waals surface area contributed by atoms with E-state index in [1.807, 2.05) is 54.6 Å². The van der Waals surface area contributed by atoms with Gasteiger partial charge in [-0.1, -0.05) is 62.2 Å². The molecule has 0 amide bonds. The molecule has 7 heteroatoms. The van der Waals surface area contributed by atoms with Crippen molar-refractivity contribution in [2.45, 2.75) is 19.0 Å². The van der Waals surface area contributed by atoms with Gasteiger partial charge in [-0.25, -0.2) is 4.79 Å². The van der Waals surface area contributed by atoms with Gasteiger partial charge < -0.3 is 15.4 Å². The maximum Gasteiger partial charge on any atom is 0.331 e. The molecule has 0 aromatic heterocycles. The molecule has 0 aliphatic carbocycles. The van der Waals surface area contributed by atoms with Crippen LogP contribution in [0.5, 0.6) is 0 Å². The first kappa shape index (κ1) is 23.0. The molecule has 0 saturated heterocycles. The van der Waals surface area contributed by atoms with E-state index in [-0.39, 0.29) is 12.4 Å². The van der Waals surface area contributed by atoms with Crippen molar-refractivity contribution in [3.63, 3.8) is 0 Å². The molecule has 3 aromatic rings. The number of ether oxygens (including phenoxy) is 1. The summed E-state index contributed by atoms with van der Waals surface area (Å²) in [4.78, 5) is 26.4. The Morgan fingerprint density at radius 3 is 1.74 bits per heavy atom. The zero-order chi connectivity index (χ0) is 22.2. The lowest BCUT2D eigenvalue weighted by atomic mass is 9.96. The van der Waals surface area contributed by atoms with E-state index in [4.69, 9.17) is 4.74 Å². The normalized spacial score (nSPS) is 12.5. The molecule has 0 aliphatic rings. The van der Waals surface area contributed by atoms with Gasteiger partial charge in [0, 0.05) is 25.9 Å². The van der Waals surface area contributed by atoms with E-state index in [0.29, 0.717) is 16.9 Å². The predicted octanol–water partition coefficient (Wildman–Crippen LogP) is 5.92. The smallest absolute Gasteiger partial charge is 0.331 e. The van der Waals surface area contributed by atoms with E-state index in [0.717, 1.165) is 8.95 Å². The van der Waals surface area contributed by atoms with E-state index in [1.165, 1.54) is 0 Å². The number of halogens is 2. The molecule has 0 heterocycles. The van der Waals surface area contributed by atoms with E-state index < -0.39 is 18.1 Å².